The first-order chi connectivity index (χ1) is 9.42. The first-order valence-electron chi connectivity index (χ1n) is 6.01. The number of nitrogens with one attached hydrogen (secondary N) is 1. The maximum atomic E-state index is 12.9. The molecule has 0 spiro atoms. The molecule has 0 fully saturated rings. The third-order valence-electron chi connectivity index (χ3n) is 2.53. The highest BCUT2D eigenvalue weighted by Gasteiger charge is 2.14. The smallest absolute Gasteiger partial charge is 0.305 e. The number of benzene rings is 1. The van der Waals surface area contributed by atoms with Crippen molar-refractivity contribution in [1.29, 1.82) is 0 Å². The number of carbonyl (C=O) groups excluding carboxylic acids is 1. The topological polar surface area (TPSA) is 75.6 Å². The number of carbonyl (C=O) groups is 2. The van der Waals surface area contributed by atoms with Gasteiger partial charge in [-0.25, -0.2) is 4.39 Å². The molecule has 2 N–H and O–H groups in total. The predicted molar refractivity (Wildman–Crippen MR) is 74.1 cm³/mol. The Balaban J connectivity index is 2.48. The quantitative estimate of drug-likeness (QED) is 0.793. The van der Waals surface area contributed by atoms with E-state index in [1.807, 2.05) is 0 Å². The molecule has 0 aliphatic heterocycles. The average Bonchev–Trinajstić information content (AvgIpc) is 2.36. The number of rotatable bonds is 7. The van der Waals surface area contributed by atoms with Crippen LogP contribution in [0.3, 0.4) is 0 Å². The molecule has 0 radical (unpaired) electrons. The highest BCUT2D eigenvalue weighted by atomic mass is 79.9. The van der Waals surface area contributed by atoms with Crippen molar-refractivity contribution in [3.05, 3.63) is 28.5 Å². The molecule has 1 rings (SSSR count). The van der Waals surface area contributed by atoms with Gasteiger partial charge in [0.15, 0.2) is 6.61 Å². The van der Waals surface area contributed by atoms with Crippen LogP contribution in [0.5, 0.6) is 5.75 Å². The summed E-state index contributed by atoms with van der Waals surface area (Å²) >= 11 is 3.12. The van der Waals surface area contributed by atoms with Gasteiger partial charge in [0.25, 0.3) is 5.91 Å². The summed E-state index contributed by atoms with van der Waals surface area (Å²) in [6, 6.07) is 3.42. The molecule has 1 unspecified atom stereocenters. The summed E-state index contributed by atoms with van der Waals surface area (Å²) < 4.78 is 18.5. The monoisotopic (exact) mass is 347 g/mol. The minimum atomic E-state index is -0.973. The summed E-state index contributed by atoms with van der Waals surface area (Å²) in [7, 11) is 0. The molecule has 0 aliphatic carbocycles. The second kappa shape index (κ2) is 7.84. The van der Waals surface area contributed by atoms with Crippen molar-refractivity contribution < 1.29 is 23.8 Å². The number of halogens is 2. The summed E-state index contributed by atoms with van der Waals surface area (Å²) in [4.78, 5) is 22.2. The van der Waals surface area contributed by atoms with Crippen LogP contribution in [0.1, 0.15) is 19.8 Å². The first-order valence-corrected chi connectivity index (χ1v) is 6.80. The number of hydrogen-bond donors (Lipinski definition) is 2. The SMILES string of the molecule is CCC(CC(=O)O)NC(=O)COc1ccc(F)cc1Br. The van der Waals surface area contributed by atoms with Crippen molar-refractivity contribution >= 4 is 27.8 Å². The predicted octanol–water partition coefficient (Wildman–Crippen LogP) is 2.34. The standard InChI is InChI=1S/C13H15BrFNO4/c1-2-9(6-13(18)19)16-12(17)7-20-11-4-3-8(15)5-10(11)14/h3-5,9H,2,6-7H2,1H3,(H,16,17)(H,18,19). The van der Waals surface area contributed by atoms with Crippen LogP contribution in [-0.2, 0) is 9.59 Å². The molecule has 7 heteroatoms. The Labute approximate surface area is 124 Å². The normalized spacial score (nSPS) is 11.8. The zero-order valence-electron chi connectivity index (χ0n) is 10.9. The molecule has 0 aliphatic rings. The third-order valence-corrected chi connectivity index (χ3v) is 3.15. The largest absolute Gasteiger partial charge is 0.483 e. The molecule has 1 aromatic rings. The van der Waals surface area contributed by atoms with Gasteiger partial charge in [-0.15, -0.1) is 0 Å². The molecule has 1 amide bonds. The fourth-order valence-electron chi connectivity index (χ4n) is 1.51. The molecule has 1 aromatic carbocycles. The molecule has 0 heterocycles. The maximum Gasteiger partial charge on any atom is 0.305 e. The van der Waals surface area contributed by atoms with Gasteiger partial charge in [-0.3, -0.25) is 9.59 Å². The van der Waals surface area contributed by atoms with Crippen LogP contribution in [0.2, 0.25) is 0 Å². The highest BCUT2D eigenvalue weighted by molar-refractivity contribution is 9.10. The van der Waals surface area contributed by atoms with Crippen LogP contribution < -0.4 is 10.1 Å². The summed E-state index contributed by atoms with van der Waals surface area (Å²) in [5.74, 6) is -1.47. The van der Waals surface area contributed by atoms with Crippen LogP contribution in [-0.4, -0.2) is 29.6 Å². The Morgan fingerprint density at radius 3 is 2.75 bits per heavy atom. The molecule has 0 saturated heterocycles. The number of ether oxygens (including phenoxy) is 1. The number of aliphatic carboxylic acids is 1. The zero-order chi connectivity index (χ0) is 15.1. The Morgan fingerprint density at radius 2 is 2.20 bits per heavy atom. The third kappa shape index (κ3) is 5.56. The average molecular weight is 348 g/mol. The molecule has 0 aromatic heterocycles. The Hall–Kier alpha value is -1.63. The van der Waals surface area contributed by atoms with Crippen molar-refractivity contribution in [1.82, 2.24) is 5.32 Å². The van der Waals surface area contributed by atoms with Crippen molar-refractivity contribution in [3.8, 4) is 5.75 Å². The lowest BCUT2D eigenvalue weighted by Gasteiger charge is -2.15. The number of amides is 1. The molecule has 0 saturated carbocycles. The van der Waals surface area contributed by atoms with E-state index >= 15 is 0 Å². The van der Waals surface area contributed by atoms with Crippen molar-refractivity contribution in [3.63, 3.8) is 0 Å². The summed E-state index contributed by atoms with van der Waals surface area (Å²) in [5.41, 5.74) is 0. The van der Waals surface area contributed by atoms with Gasteiger partial charge in [0.2, 0.25) is 0 Å². The van der Waals surface area contributed by atoms with E-state index in [1.165, 1.54) is 18.2 Å². The van der Waals surface area contributed by atoms with E-state index in [2.05, 4.69) is 21.2 Å². The highest BCUT2D eigenvalue weighted by Crippen LogP contribution is 2.25. The van der Waals surface area contributed by atoms with E-state index in [9.17, 15) is 14.0 Å². The lowest BCUT2D eigenvalue weighted by Crippen LogP contribution is -2.38. The Morgan fingerprint density at radius 1 is 1.50 bits per heavy atom. The van der Waals surface area contributed by atoms with Crippen molar-refractivity contribution in [2.24, 2.45) is 0 Å². The fraction of sp³-hybridized carbons (Fsp3) is 0.385. The summed E-state index contributed by atoms with van der Waals surface area (Å²) in [5, 5.41) is 11.2. The number of carboxylic acids is 1. The van der Waals surface area contributed by atoms with Gasteiger partial charge < -0.3 is 15.2 Å². The first kappa shape index (κ1) is 16.4. The van der Waals surface area contributed by atoms with Gasteiger partial charge in [-0.05, 0) is 40.5 Å². The second-order valence-electron chi connectivity index (χ2n) is 4.13. The molecule has 5 nitrogen and oxygen atoms in total. The van der Waals surface area contributed by atoms with Gasteiger partial charge in [0.05, 0.1) is 10.9 Å². The van der Waals surface area contributed by atoms with Crippen LogP contribution in [0.15, 0.2) is 22.7 Å². The lowest BCUT2D eigenvalue weighted by atomic mass is 10.1. The minimum Gasteiger partial charge on any atom is -0.483 e. The van der Waals surface area contributed by atoms with Crippen LogP contribution in [0.4, 0.5) is 4.39 Å². The van der Waals surface area contributed by atoms with E-state index < -0.39 is 23.7 Å². The van der Waals surface area contributed by atoms with Crippen LogP contribution in [0, 0.1) is 5.82 Å². The Bertz CT molecular complexity index is 495. The van der Waals surface area contributed by atoms with Gasteiger partial charge >= 0.3 is 5.97 Å². The van der Waals surface area contributed by atoms with Crippen LogP contribution >= 0.6 is 15.9 Å². The van der Waals surface area contributed by atoms with E-state index in [-0.39, 0.29) is 13.0 Å². The van der Waals surface area contributed by atoms with E-state index in [4.69, 9.17) is 9.84 Å². The molecule has 0 bridgehead atoms. The van der Waals surface area contributed by atoms with Crippen LogP contribution in [0.25, 0.3) is 0 Å². The number of carboxylic acid groups (broad SMARTS) is 1. The molecular weight excluding hydrogens is 333 g/mol. The maximum absolute atomic E-state index is 12.9. The molecule has 1 atom stereocenters. The summed E-state index contributed by atoms with van der Waals surface area (Å²) in [6.45, 7) is 1.52. The van der Waals surface area contributed by atoms with Gasteiger partial charge in [0, 0.05) is 6.04 Å². The van der Waals surface area contributed by atoms with E-state index in [0.29, 0.717) is 16.6 Å². The molecule has 20 heavy (non-hydrogen) atoms. The molecular formula is C13H15BrFNO4. The lowest BCUT2D eigenvalue weighted by molar-refractivity contribution is -0.137. The van der Waals surface area contributed by atoms with Crippen molar-refractivity contribution in [2.45, 2.75) is 25.8 Å². The molecule has 110 valence electrons. The second-order valence-corrected chi connectivity index (χ2v) is 4.99. The van der Waals surface area contributed by atoms with Gasteiger partial charge in [0.1, 0.15) is 11.6 Å². The zero-order valence-corrected chi connectivity index (χ0v) is 12.4. The van der Waals surface area contributed by atoms with Crippen molar-refractivity contribution in [2.75, 3.05) is 6.61 Å². The fourth-order valence-corrected chi connectivity index (χ4v) is 1.98. The number of hydrogen-bond acceptors (Lipinski definition) is 3. The Kier molecular flexibility index (Phi) is 6.44. The van der Waals surface area contributed by atoms with E-state index in [0.717, 1.165) is 0 Å². The summed E-state index contributed by atoms with van der Waals surface area (Å²) in [6.07, 6.45) is 0.376. The minimum absolute atomic E-state index is 0.136. The van der Waals surface area contributed by atoms with Gasteiger partial charge in [-0.1, -0.05) is 6.92 Å². The van der Waals surface area contributed by atoms with Gasteiger partial charge in [-0.2, -0.15) is 0 Å². The van der Waals surface area contributed by atoms with E-state index in [1.54, 1.807) is 6.92 Å².